The van der Waals surface area contributed by atoms with Gasteiger partial charge < -0.3 is 19.5 Å². The maximum absolute atomic E-state index is 12.8. The molecule has 1 aliphatic rings. The van der Waals surface area contributed by atoms with Crippen LogP contribution in [0.15, 0.2) is 42.6 Å². The normalized spacial score (nSPS) is 15.6. The summed E-state index contributed by atoms with van der Waals surface area (Å²) in [5.74, 6) is 0.975. The molecule has 150 valence electrons. The lowest BCUT2D eigenvalue weighted by molar-refractivity contribution is 0.0162. The largest absolute Gasteiger partial charge is 0.497 e. The Labute approximate surface area is 165 Å². The van der Waals surface area contributed by atoms with E-state index in [1.54, 1.807) is 25.4 Å². The zero-order chi connectivity index (χ0) is 19.8. The number of morpholine rings is 1. The van der Waals surface area contributed by atoms with Crippen LogP contribution in [-0.2, 0) is 4.74 Å². The van der Waals surface area contributed by atoms with Crippen LogP contribution >= 0.6 is 0 Å². The molecule has 1 amide bonds. The van der Waals surface area contributed by atoms with E-state index in [9.17, 15) is 4.79 Å². The van der Waals surface area contributed by atoms with Crippen LogP contribution in [-0.4, -0.2) is 62.4 Å². The maximum Gasteiger partial charge on any atom is 0.256 e. The molecular formula is C21H27N3O4. The van der Waals surface area contributed by atoms with E-state index < -0.39 is 0 Å². The molecule has 1 unspecified atom stereocenters. The molecular weight excluding hydrogens is 358 g/mol. The van der Waals surface area contributed by atoms with Crippen LogP contribution in [0.5, 0.6) is 11.6 Å². The highest BCUT2D eigenvalue weighted by atomic mass is 16.5. The molecule has 0 spiro atoms. The highest BCUT2D eigenvalue weighted by Crippen LogP contribution is 2.24. The summed E-state index contributed by atoms with van der Waals surface area (Å²) in [6, 6.07) is 11.5. The van der Waals surface area contributed by atoms with Gasteiger partial charge in [0, 0.05) is 25.8 Å². The van der Waals surface area contributed by atoms with Crippen molar-refractivity contribution in [3.63, 3.8) is 0 Å². The van der Waals surface area contributed by atoms with Crippen LogP contribution < -0.4 is 14.8 Å². The number of aromatic nitrogens is 1. The molecule has 0 radical (unpaired) electrons. The third-order valence-electron chi connectivity index (χ3n) is 4.74. The molecule has 1 aliphatic heterocycles. The molecule has 0 saturated carbocycles. The second-order valence-electron chi connectivity index (χ2n) is 6.44. The lowest BCUT2D eigenvalue weighted by atomic mass is 10.0. The molecule has 2 aromatic rings. The number of carbonyl (C=O) groups excluding carboxylic acids is 1. The number of hydrogen-bond acceptors (Lipinski definition) is 6. The Hall–Kier alpha value is -2.64. The first-order valence-electron chi connectivity index (χ1n) is 9.54. The SMILES string of the molecule is CCOc1ncccc1C(=O)NCC(c1ccc(OC)cc1)N1CCOCC1. The fourth-order valence-corrected chi connectivity index (χ4v) is 3.27. The van der Waals surface area contributed by atoms with Gasteiger partial charge in [0.1, 0.15) is 11.3 Å². The first-order valence-corrected chi connectivity index (χ1v) is 9.54. The van der Waals surface area contributed by atoms with E-state index >= 15 is 0 Å². The molecule has 1 saturated heterocycles. The molecule has 1 fully saturated rings. The fraction of sp³-hybridized carbons (Fsp3) is 0.429. The minimum absolute atomic E-state index is 0.0472. The number of rotatable bonds is 8. The predicted molar refractivity (Wildman–Crippen MR) is 106 cm³/mol. The Kier molecular flexibility index (Phi) is 7.22. The van der Waals surface area contributed by atoms with Gasteiger partial charge in [0.05, 0.1) is 33.0 Å². The summed E-state index contributed by atoms with van der Waals surface area (Å²) in [6.45, 7) is 5.84. The number of ether oxygens (including phenoxy) is 3. The minimum Gasteiger partial charge on any atom is -0.497 e. The second-order valence-corrected chi connectivity index (χ2v) is 6.44. The van der Waals surface area contributed by atoms with Crippen LogP contribution in [0, 0.1) is 0 Å². The third-order valence-corrected chi connectivity index (χ3v) is 4.74. The number of nitrogens with zero attached hydrogens (tertiary/aromatic N) is 2. The van der Waals surface area contributed by atoms with Gasteiger partial charge in [-0.25, -0.2) is 4.98 Å². The summed E-state index contributed by atoms with van der Waals surface area (Å²) in [6.07, 6.45) is 1.62. The maximum atomic E-state index is 12.8. The van der Waals surface area contributed by atoms with Gasteiger partial charge in [-0.15, -0.1) is 0 Å². The monoisotopic (exact) mass is 385 g/mol. The van der Waals surface area contributed by atoms with Crippen molar-refractivity contribution in [2.24, 2.45) is 0 Å². The summed E-state index contributed by atoms with van der Waals surface area (Å²) in [7, 11) is 1.65. The standard InChI is InChI=1S/C21H27N3O4/c1-3-28-21-18(5-4-10-22-21)20(25)23-15-19(24-11-13-27-14-12-24)16-6-8-17(26-2)9-7-16/h4-10,19H,3,11-15H2,1-2H3,(H,23,25). The van der Waals surface area contributed by atoms with Crippen molar-refractivity contribution in [3.8, 4) is 11.6 Å². The van der Waals surface area contributed by atoms with Gasteiger partial charge >= 0.3 is 0 Å². The quantitative estimate of drug-likeness (QED) is 0.752. The molecule has 0 aliphatic carbocycles. The molecule has 1 N–H and O–H groups in total. The third kappa shape index (κ3) is 4.99. The number of nitrogens with one attached hydrogen (secondary N) is 1. The Balaban J connectivity index is 1.74. The highest BCUT2D eigenvalue weighted by molar-refractivity contribution is 5.96. The number of carbonyl (C=O) groups is 1. The van der Waals surface area contributed by atoms with E-state index in [0.717, 1.165) is 24.4 Å². The summed E-state index contributed by atoms with van der Waals surface area (Å²) in [5, 5.41) is 3.05. The molecule has 3 rings (SSSR count). The van der Waals surface area contributed by atoms with E-state index in [1.165, 1.54) is 0 Å². The molecule has 1 aromatic carbocycles. The first kappa shape index (κ1) is 20.1. The molecule has 1 atom stereocenters. The summed E-state index contributed by atoms with van der Waals surface area (Å²) in [5.41, 5.74) is 1.57. The van der Waals surface area contributed by atoms with Crippen molar-refractivity contribution < 1.29 is 19.0 Å². The average molecular weight is 385 g/mol. The van der Waals surface area contributed by atoms with Gasteiger partial charge in [-0.1, -0.05) is 12.1 Å². The van der Waals surface area contributed by atoms with Gasteiger partial charge in [0.2, 0.25) is 5.88 Å². The van der Waals surface area contributed by atoms with Crippen molar-refractivity contribution >= 4 is 5.91 Å². The molecule has 1 aromatic heterocycles. The van der Waals surface area contributed by atoms with Crippen LogP contribution in [0.1, 0.15) is 28.9 Å². The van der Waals surface area contributed by atoms with Gasteiger partial charge in [-0.05, 0) is 36.8 Å². The first-order chi connectivity index (χ1) is 13.7. The van der Waals surface area contributed by atoms with Crippen molar-refractivity contribution in [3.05, 3.63) is 53.7 Å². The smallest absolute Gasteiger partial charge is 0.256 e. The lowest BCUT2D eigenvalue weighted by Crippen LogP contribution is -2.43. The van der Waals surface area contributed by atoms with E-state index in [1.807, 2.05) is 31.2 Å². The molecule has 7 nitrogen and oxygen atoms in total. The van der Waals surface area contributed by atoms with Crippen LogP contribution in [0.3, 0.4) is 0 Å². The molecule has 7 heteroatoms. The Bertz CT molecular complexity index is 761. The van der Waals surface area contributed by atoms with Gasteiger partial charge in [0.25, 0.3) is 5.91 Å². The van der Waals surface area contributed by atoms with Gasteiger partial charge in [0.15, 0.2) is 0 Å². The number of methoxy groups -OCH3 is 1. The van der Waals surface area contributed by atoms with Crippen molar-refractivity contribution in [1.29, 1.82) is 0 Å². The zero-order valence-corrected chi connectivity index (χ0v) is 16.4. The zero-order valence-electron chi connectivity index (χ0n) is 16.4. The average Bonchev–Trinajstić information content (AvgIpc) is 2.75. The van der Waals surface area contributed by atoms with Crippen LogP contribution in [0.2, 0.25) is 0 Å². The number of benzene rings is 1. The molecule has 0 bridgehead atoms. The Morgan fingerprint density at radius 2 is 2.00 bits per heavy atom. The number of pyridine rings is 1. The van der Waals surface area contributed by atoms with E-state index in [-0.39, 0.29) is 11.9 Å². The van der Waals surface area contributed by atoms with E-state index in [2.05, 4.69) is 15.2 Å². The second kappa shape index (κ2) is 10.1. The van der Waals surface area contributed by atoms with Crippen molar-refractivity contribution in [1.82, 2.24) is 15.2 Å². The lowest BCUT2D eigenvalue weighted by Gasteiger charge is -2.35. The summed E-state index contributed by atoms with van der Waals surface area (Å²) >= 11 is 0. The minimum atomic E-state index is -0.191. The van der Waals surface area contributed by atoms with E-state index in [0.29, 0.717) is 37.8 Å². The van der Waals surface area contributed by atoms with Crippen LogP contribution in [0.4, 0.5) is 0 Å². The summed E-state index contributed by atoms with van der Waals surface area (Å²) < 4.78 is 16.2. The molecule has 28 heavy (non-hydrogen) atoms. The van der Waals surface area contributed by atoms with Crippen molar-refractivity contribution in [2.45, 2.75) is 13.0 Å². The molecule has 2 heterocycles. The fourth-order valence-electron chi connectivity index (χ4n) is 3.27. The van der Waals surface area contributed by atoms with E-state index in [4.69, 9.17) is 14.2 Å². The van der Waals surface area contributed by atoms with Crippen molar-refractivity contribution in [2.75, 3.05) is 46.6 Å². The van der Waals surface area contributed by atoms with Gasteiger partial charge in [-0.2, -0.15) is 0 Å². The number of hydrogen-bond donors (Lipinski definition) is 1. The Morgan fingerprint density at radius 3 is 2.68 bits per heavy atom. The predicted octanol–water partition coefficient (Wildman–Crippen LogP) is 2.29. The summed E-state index contributed by atoms with van der Waals surface area (Å²) in [4.78, 5) is 19.3. The highest BCUT2D eigenvalue weighted by Gasteiger charge is 2.24. The number of amides is 1. The van der Waals surface area contributed by atoms with Crippen LogP contribution in [0.25, 0.3) is 0 Å². The topological polar surface area (TPSA) is 72.9 Å². The Morgan fingerprint density at radius 1 is 1.25 bits per heavy atom. The van der Waals surface area contributed by atoms with Gasteiger partial charge in [-0.3, -0.25) is 9.69 Å².